The van der Waals surface area contributed by atoms with E-state index in [1.54, 1.807) is 11.8 Å². The SMILES string of the molecule is COCCn1ccc2c(C(=O)Nc3cc(C)n(C)n3)cccc21. The van der Waals surface area contributed by atoms with Crippen molar-refractivity contribution in [2.75, 3.05) is 19.0 Å². The van der Waals surface area contributed by atoms with Gasteiger partial charge >= 0.3 is 0 Å². The Morgan fingerprint density at radius 2 is 2.17 bits per heavy atom. The number of aromatic nitrogens is 3. The number of carbonyl (C=O) groups excluding carboxylic acids is 1. The van der Waals surface area contributed by atoms with Gasteiger partial charge in [0.1, 0.15) is 0 Å². The number of fused-ring (bicyclic) bond motifs is 1. The summed E-state index contributed by atoms with van der Waals surface area (Å²) in [5.74, 6) is 0.406. The molecule has 2 aromatic heterocycles. The van der Waals surface area contributed by atoms with Crippen molar-refractivity contribution in [3.8, 4) is 0 Å². The summed E-state index contributed by atoms with van der Waals surface area (Å²) in [6.45, 7) is 3.33. The van der Waals surface area contributed by atoms with Crippen molar-refractivity contribution >= 4 is 22.6 Å². The number of rotatable bonds is 5. The highest BCUT2D eigenvalue weighted by Gasteiger charge is 2.14. The molecule has 0 saturated carbocycles. The summed E-state index contributed by atoms with van der Waals surface area (Å²) in [7, 11) is 3.53. The van der Waals surface area contributed by atoms with E-state index in [2.05, 4.69) is 15.0 Å². The van der Waals surface area contributed by atoms with E-state index in [-0.39, 0.29) is 5.91 Å². The molecule has 0 spiro atoms. The first-order chi connectivity index (χ1) is 11.1. The van der Waals surface area contributed by atoms with Crippen LogP contribution in [0.1, 0.15) is 16.1 Å². The molecule has 0 atom stereocenters. The smallest absolute Gasteiger partial charge is 0.257 e. The van der Waals surface area contributed by atoms with Gasteiger partial charge in [-0.1, -0.05) is 6.07 Å². The van der Waals surface area contributed by atoms with E-state index in [9.17, 15) is 4.79 Å². The number of aryl methyl sites for hydroxylation is 2. The summed E-state index contributed by atoms with van der Waals surface area (Å²) in [5, 5.41) is 8.05. The monoisotopic (exact) mass is 312 g/mol. The van der Waals surface area contributed by atoms with Gasteiger partial charge in [0.2, 0.25) is 0 Å². The molecule has 23 heavy (non-hydrogen) atoms. The first kappa shape index (κ1) is 15.3. The molecule has 0 aliphatic carbocycles. The van der Waals surface area contributed by atoms with Gasteiger partial charge in [0, 0.05) is 55.1 Å². The molecule has 3 aromatic rings. The van der Waals surface area contributed by atoms with E-state index in [1.807, 2.05) is 50.5 Å². The van der Waals surface area contributed by atoms with Crippen molar-refractivity contribution < 1.29 is 9.53 Å². The average molecular weight is 312 g/mol. The summed E-state index contributed by atoms with van der Waals surface area (Å²) in [5.41, 5.74) is 2.65. The Balaban J connectivity index is 1.89. The number of hydrogen-bond donors (Lipinski definition) is 1. The zero-order chi connectivity index (χ0) is 16.4. The van der Waals surface area contributed by atoms with Gasteiger partial charge in [0.25, 0.3) is 5.91 Å². The molecule has 120 valence electrons. The van der Waals surface area contributed by atoms with Crippen molar-refractivity contribution in [2.24, 2.45) is 7.05 Å². The molecule has 6 nitrogen and oxygen atoms in total. The van der Waals surface area contributed by atoms with Crippen molar-refractivity contribution in [2.45, 2.75) is 13.5 Å². The van der Waals surface area contributed by atoms with Gasteiger partial charge in [0.05, 0.1) is 6.61 Å². The maximum absolute atomic E-state index is 12.6. The summed E-state index contributed by atoms with van der Waals surface area (Å²) < 4.78 is 8.94. The number of carbonyl (C=O) groups is 1. The molecule has 1 N–H and O–H groups in total. The Labute approximate surface area is 134 Å². The second-order valence-corrected chi connectivity index (χ2v) is 5.49. The fraction of sp³-hybridized carbons (Fsp3) is 0.294. The topological polar surface area (TPSA) is 61.1 Å². The Bertz CT molecular complexity index is 828. The van der Waals surface area contributed by atoms with Crippen LogP contribution in [-0.4, -0.2) is 34.0 Å². The largest absolute Gasteiger partial charge is 0.383 e. The van der Waals surface area contributed by atoms with E-state index < -0.39 is 0 Å². The quantitative estimate of drug-likeness (QED) is 0.787. The molecule has 0 aliphatic heterocycles. The Kier molecular flexibility index (Phi) is 4.16. The second-order valence-electron chi connectivity index (χ2n) is 5.49. The number of nitrogens with zero attached hydrogens (tertiary/aromatic N) is 3. The lowest BCUT2D eigenvalue weighted by Crippen LogP contribution is -2.13. The van der Waals surface area contributed by atoms with Crippen molar-refractivity contribution in [1.29, 1.82) is 0 Å². The summed E-state index contributed by atoms with van der Waals surface area (Å²) in [6.07, 6.45) is 1.98. The van der Waals surface area contributed by atoms with Gasteiger partial charge in [-0.2, -0.15) is 5.10 Å². The van der Waals surface area contributed by atoms with Gasteiger partial charge < -0.3 is 14.6 Å². The third kappa shape index (κ3) is 2.98. The molecule has 1 amide bonds. The number of anilines is 1. The van der Waals surface area contributed by atoms with E-state index >= 15 is 0 Å². The highest BCUT2D eigenvalue weighted by atomic mass is 16.5. The molecule has 1 aromatic carbocycles. The minimum Gasteiger partial charge on any atom is -0.383 e. The van der Waals surface area contributed by atoms with Crippen molar-refractivity contribution in [3.63, 3.8) is 0 Å². The summed E-state index contributed by atoms with van der Waals surface area (Å²) in [4.78, 5) is 12.6. The third-order valence-electron chi connectivity index (χ3n) is 3.95. The molecule has 0 radical (unpaired) electrons. The van der Waals surface area contributed by atoms with Crippen LogP contribution >= 0.6 is 0 Å². The lowest BCUT2D eigenvalue weighted by atomic mass is 10.1. The number of hydrogen-bond acceptors (Lipinski definition) is 3. The molecule has 3 rings (SSSR count). The molecular weight excluding hydrogens is 292 g/mol. The molecule has 2 heterocycles. The van der Waals surface area contributed by atoms with E-state index in [1.165, 1.54) is 0 Å². The van der Waals surface area contributed by atoms with E-state index in [4.69, 9.17) is 4.74 Å². The Hall–Kier alpha value is -2.60. The number of ether oxygens (including phenoxy) is 1. The van der Waals surface area contributed by atoms with Crippen LogP contribution in [0.2, 0.25) is 0 Å². The standard InChI is InChI=1S/C17H20N4O2/c1-12-11-16(19-20(12)2)18-17(22)14-5-4-6-15-13(14)7-8-21(15)9-10-23-3/h4-8,11H,9-10H2,1-3H3,(H,18,19,22). The van der Waals surface area contributed by atoms with Gasteiger partial charge in [-0.05, 0) is 25.1 Å². The van der Waals surface area contributed by atoms with Crippen molar-refractivity contribution in [3.05, 3.63) is 47.8 Å². The number of nitrogens with one attached hydrogen (secondary N) is 1. The number of methoxy groups -OCH3 is 1. The van der Waals surface area contributed by atoms with Crippen LogP contribution < -0.4 is 5.32 Å². The zero-order valence-corrected chi connectivity index (χ0v) is 13.5. The molecular formula is C17H20N4O2. The van der Waals surface area contributed by atoms with Crippen LogP contribution in [0.25, 0.3) is 10.9 Å². The normalized spacial score (nSPS) is 11.1. The molecule has 6 heteroatoms. The van der Waals surface area contributed by atoms with Crippen molar-refractivity contribution in [1.82, 2.24) is 14.3 Å². The first-order valence-corrected chi connectivity index (χ1v) is 7.49. The molecule has 0 unspecified atom stereocenters. The van der Waals surface area contributed by atoms with Crippen LogP contribution in [0.15, 0.2) is 36.5 Å². The predicted molar refractivity (Wildman–Crippen MR) is 89.7 cm³/mol. The zero-order valence-electron chi connectivity index (χ0n) is 13.5. The van der Waals surface area contributed by atoms with Crippen LogP contribution in [0.3, 0.4) is 0 Å². The van der Waals surface area contributed by atoms with E-state index in [0.29, 0.717) is 18.0 Å². The molecule has 0 fully saturated rings. The molecule has 0 saturated heterocycles. The minimum absolute atomic E-state index is 0.154. The number of benzene rings is 1. The summed E-state index contributed by atoms with van der Waals surface area (Å²) >= 11 is 0. The maximum Gasteiger partial charge on any atom is 0.257 e. The number of amides is 1. The lowest BCUT2D eigenvalue weighted by Gasteiger charge is -2.07. The second kappa shape index (κ2) is 6.26. The highest BCUT2D eigenvalue weighted by Crippen LogP contribution is 2.21. The molecule has 0 bridgehead atoms. The Morgan fingerprint density at radius 3 is 2.87 bits per heavy atom. The van der Waals surface area contributed by atoms with E-state index in [0.717, 1.165) is 23.1 Å². The van der Waals surface area contributed by atoms with Crippen LogP contribution in [0.4, 0.5) is 5.82 Å². The average Bonchev–Trinajstić information content (AvgIpc) is 3.08. The summed E-state index contributed by atoms with van der Waals surface area (Å²) in [6, 6.07) is 9.54. The first-order valence-electron chi connectivity index (χ1n) is 7.49. The van der Waals surface area contributed by atoms with Gasteiger partial charge in [-0.25, -0.2) is 0 Å². The fourth-order valence-electron chi connectivity index (χ4n) is 2.61. The predicted octanol–water partition coefficient (Wildman–Crippen LogP) is 2.58. The maximum atomic E-state index is 12.6. The third-order valence-corrected chi connectivity index (χ3v) is 3.95. The lowest BCUT2D eigenvalue weighted by molar-refractivity contribution is 0.102. The fourth-order valence-corrected chi connectivity index (χ4v) is 2.61. The van der Waals surface area contributed by atoms with Crippen LogP contribution in [0.5, 0.6) is 0 Å². The van der Waals surface area contributed by atoms with Crippen LogP contribution in [0, 0.1) is 6.92 Å². The van der Waals surface area contributed by atoms with Crippen LogP contribution in [-0.2, 0) is 18.3 Å². The molecule has 0 aliphatic rings. The highest BCUT2D eigenvalue weighted by molar-refractivity contribution is 6.12. The Morgan fingerprint density at radius 1 is 1.35 bits per heavy atom. The van der Waals surface area contributed by atoms with Gasteiger partial charge in [-0.3, -0.25) is 9.48 Å². The van der Waals surface area contributed by atoms with Gasteiger partial charge in [-0.15, -0.1) is 0 Å². The van der Waals surface area contributed by atoms with Gasteiger partial charge in [0.15, 0.2) is 5.82 Å². The minimum atomic E-state index is -0.154.